The highest BCUT2D eigenvalue weighted by molar-refractivity contribution is 5.98. The second kappa shape index (κ2) is 12.0. The predicted octanol–water partition coefficient (Wildman–Crippen LogP) is 3.86. The van der Waals surface area contributed by atoms with Gasteiger partial charge in [0.2, 0.25) is 0 Å². The summed E-state index contributed by atoms with van der Waals surface area (Å²) in [5.74, 6) is -3.62. The number of halogens is 1. The van der Waals surface area contributed by atoms with Crippen LogP contribution in [0.1, 0.15) is 57.9 Å². The number of dihydropyridines is 1. The summed E-state index contributed by atoms with van der Waals surface area (Å²) in [6, 6.07) is 3.13. The van der Waals surface area contributed by atoms with Crippen LogP contribution in [0.15, 0.2) is 40.7 Å². The zero-order valence-corrected chi connectivity index (χ0v) is 21.0. The summed E-state index contributed by atoms with van der Waals surface area (Å²) in [5, 5.41) is 27.5. The fraction of sp³-hybridized carbons (Fsp3) is 0.500. The highest BCUT2D eigenvalue weighted by atomic mass is 19.1. The van der Waals surface area contributed by atoms with Crippen LogP contribution in [0.3, 0.4) is 0 Å². The number of hydrogen-bond acceptors (Lipinski definition) is 5. The first kappa shape index (κ1) is 27.2. The van der Waals surface area contributed by atoms with Gasteiger partial charge in [0.1, 0.15) is 5.82 Å². The van der Waals surface area contributed by atoms with Crippen molar-refractivity contribution in [2.24, 2.45) is 5.92 Å². The summed E-state index contributed by atoms with van der Waals surface area (Å²) >= 11 is 0. The average molecular weight is 503 g/mol. The van der Waals surface area contributed by atoms with Gasteiger partial charge in [-0.15, -0.1) is 0 Å². The van der Waals surface area contributed by atoms with Crippen LogP contribution >= 0.6 is 0 Å². The van der Waals surface area contributed by atoms with E-state index < -0.39 is 29.7 Å². The predicted molar refractivity (Wildman–Crippen MR) is 134 cm³/mol. The number of rotatable bonds is 9. The van der Waals surface area contributed by atoms with Crippen LogP contribution in [0.2, 0.25) is 0 Å². The van der Waals surface area contributed by atoms with E-state index in [1.54, 1.807) is 13.8 Å². The Balaban J connectivity index is 1.67. The van der Waals surface area contributed by atoms with Gasteiger partial charge in [-0.1, -0.05) is 19.4 Å². The molecule has 36 heavy (non-hydrogen) atoms. The number of nitrogens with zero attached hydrogens (tertiary/aromatic N) is 1. The number of urea groups is 1. The van der Waals surface area contributed by atoms with Gasteiger partial charge in [-0.05, 0) is 76.4 Å². The van der Waals surface area contributed by atoms with Crippen LogP contribution in [-0.4, -0.2) is 59.3 Å². The van der Waals surface area contributed by atoms with Gasteiger partial charge < -0.3 is 31.1 Å². The second-order valence-corrected chi connectivity index (χ2v) is 9.41. The molecule has 1 aromatic carbocycles. The van der Waals surface area contributed by atoms with E-state index in [0.29, 0.717) is 17.9 Å². The lowest BCUT2D eigenvalue weighted by Crippen LogP contribution is -2.36. The van der Waals surface area contributed by atoms with E-state index in [1.165, 1.54) is 31.4 Å². The van der Waals surface area contributed by atoms with E-state index in [2.05, 4.69) is 27.8 Å². The molecule has 3 rings (SSSR count). The first-order valence-electron chi connectivity index (χ1n) is 12.3. The average Bonchev–Trinajstić information content (AvgIpc) is 2.82. The topological polar surface area (TPSA) is 131 Å². The summed E-state index contributed by atoms with van der Waals surface area (Å²) in [7, 11) is 0. The Morgan fingerprint density at radius 3 is 2.25 bits per heavy atom. The molecule has 0 radical (unpaired) electrons. The van der Waals surface area contributed by atoms with E-state index >= 15 is 0 Å². The molecule has 10 heteroatoms. The third kappa shape index (κ3) is 6.42. The van der Waals surface area contributed by atoms with Crippen molar-refractivity contribution in [2.75, 3.05) is 31.5 Å². The number of carbonyl (C=O) groups excluding carboxylic acids is 1. The van der Waals surface area contributed by atoms with Crippen LogP contribution in [0, 0.1) is 11.7 Å². The van der Waals surface area contributed by atoms with Crippen molar-refractivity contribution in [3.8, 4) is 0 Å². The number of allylic oxidation sites excluding steroid dienone is 2. The molecule has 1 fully saturated rings. The lowest BCUT2D eigenvalue weighted by Gasteiger charge is -2.31. The number of amides is 2. The maximum atomic E-state index is 14.5. The Bertz CT molecular complexity index is 1040. The van der Waals surface area contributed by atoms with Gasteiger partial charge in [-0.25, -0.2) is 18.8 Å². The number of anilines is 1. The number of carboxylic acid groups (broad SMARTS) is 2. The molecule has 0 saturated carbocycles. The van der Waals surface area contributed by atoms with Crippen molar-refractivity contribution in [2.45, 2.75) is 52.4 Å². The second-order valence-electron chi connectivity index (χ2n) is 9.41. The maximum Gasteiger partial charge on any atom is 0.334 e. The minimum Gasteiger partial charge on any atom is -0.478 e. The maximum absolute atomic E-state index is 14.5. The summed E-state index contributed by atoms with van der Waals surface area (Å²) < 4.78 is 14.5. The van der Waals surface area contributed by atoms with Gasteiger partial charge in [-0.2, -0.15) is 0 Å². The van der Waals surface area contributed by atoms with E-state index in [4.69, 9.17) is 0 Å². The quantitative estimate of drug-likeness (QED) is 0.324. The molecule has 0 aliphatic carbocycles. The van der Waals surface area contributed by atoms with E-state index in [-0.39, 0.29) is 22.4 Å². The Morgan fingerprint density at radius 1 is 1.08 bits per heavy atom. The standard InChI is InChI=1S/C26H35FN4O5/c1-4-17-8-12-31(13-9-17)11-5-10-28-26(36)30-20-14-18(6-7-19(20)27)23-21(24(32)33)15(2)29-16(3)22(23)25(34)35/h6-7,14,17,23,29H,4-5,8-13H2,1-3H3,(H,32,33)(H,34,35)(H2,28,30,36). The smallest absolute Gasteiger partial charge is 0.334 e. The van der Waals surface area contributed by atoms with Gasteiger partial charge in [0.25, 0.3) is 0 Å². The number of carbonyl (C=O) groups is 3. The summed E-state index contributed by atoms with van der Waals surface area (Å²) in [6.07, 6.45) is 4.38. The van der Waals surface area contributed by atoms with Crippen molar-refractivity contribution in [1.29, 1.82) is 0 Å². The van der Waals surface area contributed by atoms with Crippen LogP contribution in [0.25, 0.3) is 0 Å². The van der Waals surface area contributed by atoms with E-state index in [9.17, 15) is 29.0 Å². The number of carboxylic acids is 2. The highest BCUT2D eigenvalue weighted by Crippen LogP contribution is 2.39. The Morgan fingerprint density at radius 2 is 1.69 bits per heavy atom. The molecule has 0 unspecified atom stereocenters. The summed E-state index contributed by atoms with van der Waals surface area (Å²) in [5.41, 5.74) is 0.383. The van der Waals surface area contributed by atoms with Crippen molar-refractivity contribution in [1.82, 2.24) is 15.5 Å². The summed E-state index contributed by atoms with van der Waals surface area (Å²) in [6.45, 7) is 8.74. The fourth-order valence-electron chi connectivity index (χ4n) is 5.00. The molecule has 1 aromatic rings. The Labute approximate surface area is 210 Å². The van der Waals surface area contributed by atoms with Crippen LogP contribution < -0.4 is 16.0 Å². The summed E-state index contributed by atoms with van der Waals surface area (Å²) in [4.78, 5) is 38.8. The molecule has 2 aliphatic rings. The van der Waals surface area contributed by atoms with Crippen molar-refractivity contribution in [3.63, 3.8) is 0 Å². The molecule has 0 bridgehead atoms. The monoisotopic (exact) mass is 502 g/mol. The minimum atomic E-state index is -1.29. The highest BCUT2D eigenvalue weighted by Gasteiger charge is 2.36. The molecule has 9 nitrogen and oxygen atoms in total. The van der Waals surface area contributed by atoms with Gasteiger partial charge in [-0.3, -0.25) is 0 Å². The van der Waals surface area contributed by atoms with Crippen molar-refractivity contribution in [3.05, 3.63) is 52.1 Å². The minimum absolute atomic E-state index is 0.150. The Hall–Kier alpha value is -3.40. The fourth-order valence-corrected chi connectivity index (χ4v) is 5.00. The molecular formula is C26H35FN4O5. The third-order valence-electron chi connectivity index (χ3n) is 7.01. The van der Waals surface area contributed by atoms with Crippen LogP contribution in [0.5, 0.6) is 0 Å². The molecular weight excluding hydrogens is 467 g/mol. The SMILES string of the molecule is CCC1CCN(CCCNC(=O)Nc2cc(C3C(C(=O)O)=C(C)NC(C)=C3C(=O)O)ccc2F)CC1. The molecule has 5 N–H and O–H groups in total. The molecule has 2 aliphatic heterocycles. The molecule has 2 heterocycles. The lowest BCUT2D eigenvalue weighted by molar-refractivity contribution is -0.133. The number of aliphatic carboxylic acids is 2. The molecule has 1 saturated heterocycles. The first-order chi connectivity index (χ1) is 17.1. The first-order valence-corrected chi connectivity index (χ1v) is 12.3. The molecule has 196 valence electrons. The van der Waals surface area contributed by atoms with Crippen LogP contribution in [0.4, 0.5) is 14.9 Å². The zero-order valence-electron chi connectivity index (χ0n) is 21.0. The van der Waals surface area contributed by atoms with E-state index in [0.717, 1.165) is 38.0 Å². The molecule has 0 atom stereocenters. The van der Waals surface area contributed by atoms with Gasteiger partial charge in [0, 0.05) is 17.9 Å². The molecule has 0 spiro atoms. The number of likely N-dealkylation sites (tertiary alicyclic amines) is 1. The van der Waals surface area contributed by atoms with Gasteiger partial charge >= 0.3 is 18.0 Å². The van der Waals surface area contributed by atoms with Crippen LogP contribution in [-0.2, 0) is 9.59 Å². The van der Waals surface area contributed by atoms with Gasteiger partial charge in [0.15, 0.2) is 0 Å². The molecule has 2 amide bonds. The molecule has 0 aromatic heterocycles. The Kier molecular flexibility index (Phi) is 9.08. The normalized spacial score (nSPS) is 17.7. The lowest BCUT2D eigenvalue weighted by atomic mass is 9.80. The van der Waals surface area contributed by atoms with Crippen molar-refractivity contribution < 1.29 is 29.0 Å². The van der Waals surface area contributed by atoms with Gasteiger partial charge in [0.05, 0.1) is 22.8 Å². The number of nitrogens with one attached hydrogen (secondary N) is 3. The van der Waals surface area contributed by atoms with E-state index in [1.807, 2.05) is 0 Å². The zero-order chi connectivity index (χ0) is 26.4. The number of hydrogen-bond donors (Lipinski definition) is 5. The largest absolute Gasteiger partial charge is 0.478 e. The third-order valence-corrected chi connectivity index (χ3v) is 7.01. The number of benzene rings is 1. The number of piperidine rings is 1. The van der Waals surface area contributed by atoms with Crippen molar-refractivity contribution >= 4 is 23.7 Å².